The second-order valence-electron chi connectivity index (χ2n) is 4.12. The Labute approximate surface area is 92.9 Å². The van der Waals surface area contributed by atoms with E-state index < -0.39 is 0 Å². The topological polar surface area (TPSA) is 47.8 Å². The van der Waals surface area contributed by atoms with Gasteiger partial charge in [-0.05, 0) is 19.9 Å². The van der Waals surface area contributed by atoms with Crippen LogP contribution in [0.2, 0.25) is 0 Å². The lowest BCUT2D eigenvalue weighted by molar-refractivity contribution is -0.117. The molecule has 0 saturated carbocycles. The molecule has 1 aliphatic heterocycles. The third kappa shape index (κ3) is 1.26. The maximum atomic E-state index is 11.1. The molecule has 1 aromatic carbocycles. The van der Waals surface area contributed by atoms with Crippen LogP contribution in [0.15, 0.2) is 24.3 Å². The van der Waals surface area contributed by atoms with Crippen LogP contribution >= 0.6 is 0 Å². The number of hydrogen-bond acceptors (Lipinski definition) is 3. The molecule has 4 nitrogen and oxygen atoms in total. The van der Waals surface area contributed by atoms with Gasteiger partial charge in [0, 0.05) is 5.56 Å². The molecule has 1 aromatic heterocycles. The first-order chi connectivity index (χ1) is 7.66. The molecule has 1 aliphatic rings. The number of hydrogen-bond donors (Lipinski definition) is 0. The largest absolute Gasteiger partial charge is 0.297 e. The average Bonchev–Trinajstić information content (AvgIpc) is 2.75. The predicted octanol–water partition coefficient (Wildman–Crippen LogP) is 1.75. The van der Waals surface area contributed by atoms with Gasteiger partial charge in [0.2, 0.25) is 0 Å². The summed E-state index contributed by atoms with van der Waals surface area (Å²) in [5, 5.41) is 4.30. The van der Waals surface area contributed by atoms with Crippen LogP contribution in [0.4, 0.5) is 0 Å². The molecule has 1 unspecified atom stereocenters. The van der Waals surface area contributed by atoms with Crippen LogP contribution in [-0.4, -0.2) is 20.5 Å². The maximum Gasteiger partial charge on any atom is 0.181 e. The molecule has 0 saturated heterocycles. The summed E-state index contributed by atoms with van der Waals surface area (Å²) in [5.74, 6) is 1.59. The fourth-order valence-corrected chi connectivity index (χ4v) is 1.89. The minimum atomic E-state index is -0.187. The number of rotatable bonds is 2. The minimum absolute atomic E-state index is 0.103. The Morgan fingerprint density at radius 2 is 2.25 bits per heavy atom. The van der Waals surface area contributed by atoms with Gasteiger partial charge < -0.3 is 0 Å². The quantitative estimate of drug-likeness (QED) is 0.763. The Balaban J connectivity index is 1.94. The molecule has 0 aliphatic carbocycles. The zero-order valence-electron chi connectivity index (χ0n) is 9.14. The summed E-state index contributed by atoms with van der Waals surface area (Å²) in [5.41, 5.74) is 2.18. The number of nitrogens with zero attached hydrogens (tertiary/aromatic N) is 3. The molecular weight excluding hydrogens is 202 g/mol. The average molecular weight is 213 g/mol. The molecule has 4 heteroatoms. The molecule has 0 fully saturated rings. The number of Topliss-reactive ketones (excluding diaryl/α,β-unsaturated/α-hetero) is 1. The van der Waals surface area contributed by atoms with Gasteiger partial charge in [0.25, 0.3) is 0 Å². The molecule has 80 valence electrons. The first kappa shape index (κ1) is 9.27. The van der Waals surface area contributed by atoms with Crippen LogP contribution in [0.3, 0.4) is 0 Å². The number of carbonyl (C=O) groups is 1. The van der Waals surface area contributed by atoms with Gasteiger partial charge in [-0.25, -0.2) is 9.67 Å². The van der Waals surface area contributed by atoms with Gasteiger partial charge in [-0.3, -0.25) is 4.79 Å². The lowest BCUT2D eigenvalue weighted by atomic mass is 10.1. The minimum Gasteiger partial charge on any atom is -0.297 e. The van der Waals surface area contributed by atoms with Crippen molar-refractivity contribution in [2.45, 2.75) is 19.9 Å². The Kier molecular flexibility index (Phi) is 1.74. The summed E-state index contributed by atoms with van der Waals surface area (Å²) in [6.07, 6.45) is 0. The van der Waals surface area contributed by atoms with Gasteiger partial charge in [0.1, 0.15) is 0 Å². The van der Waals surface area contributed by atoms with Crippen LogP contribution in [0, 0.1) is 6.92 Å². The van der Waals surface area contributed by atoms with Crippen molar-refractivity contribution < 1.29 is 4.79 Å². The Hall–Kier alpha value is -1.97. The SMILES string of the molecule is CC(=O)C1c2nc(-c3cccc(C)c3)nn21. The maximum absolute atomic E-state index is 11.1. The van der Waals surface area contributed by atoms with Gasteiger partial charge in [0.05, 0.1) is 0 Å². The zero-order chi connectivity index (χ0) is 11.3. The first-order valence-electron chi connectivity index (χ1n) is 5.21. The van der Waals surface area contributed by atoms with Crippen molar-refractivity contribution >= 4 is 5.78 Å². The standard InChI is InChI=1S/C12H11N3O/c1-7-4-3-5-9(6-7)11-13-12-10(8(2)16)15(12)14-11/h3-6,10H,1-2H3. The zero-order valence-corrected chi connectivity index (χ0v) is 9.14. The third-order valence-electron chi connectivity index (χ3n) is 2.74. The molecule has 16 heavy (non-hydrogen) atoms. The Morgan fingerprint density at radius 3 is 2.81 bits per heavy atom. The van der Waals surface area contributed by atoms with Gasteiger partial charge >= 0.3 is 0 Å². The highest BCUT2D eigenvalue weighted by molar-refractivity contribution is 5.86. The molecule has 0 bridgehead atoms. The van der Waals surface area contributed by atoms with E-state index in [1.54, 1.807) is 11.6 Å². The van der Waals surface area contributed by atoms with E-state index in [0.717, 1.165) is 11.4 Å². The summed E-state index contributed by atoms with van der Waals surface area (Å²) in [6, 6.07) is 7.84. The van der Waals surface area contributed by atoms with E-state index in [9.17, 15) is 4.79 Å². The van der Waals surface area contributed by atoms with Crippen LogP contribution in [0.1, 0.15) is 24.4 Å². The van der Waals surface area contributed by atoms with Crippen molar-refractivity contribution in [2.75, 3.05) is 0 Å². The second kappa shape index (κ2) is 3.01. The molecule has 0 amide bonds. The van der Waals surface area contributed by atoms with Crippen molar-refractivity contribution in [3.63, 3.8) is 0 Å². The van der Waals surface area contributed by atoms with E-state index in [4.69, 9.17) is 0 Å². The number of benzene rings is 1. The smallest absolute Gasteiger partial charge is 0.181 e. The van der Waals surface area contributed by atoms with Gasteiger partial charge in [-0.1, -0.05) is 23.8 Å². The van der Waals surface area contributed by atoms with Crippen LogP contribution in [0.5, 0.6) is 0 Å². The highest BCUT2D eigenvalue weighted by Crippen LogP contribution is 2.34. The number of aryl methyl sites for hydroxylation is 1. The van der Waals surface area contributed by atoms with E-state index in [-0.39, 0.29) is 11.8 Å². The summed E-state index contributed by atoms with van der Waals surface area (Å²) in [7, 11) is 0. The van der Waals surface area contributed by atoms with E-state index in [1.165, 1.54) is 5.56 Å². The number of fused-ring (bicyclic) bond motifs is 1. The lowest BCUT2D eigenvalue weighted by Gasteiger charge is -1.98. The summed E-state index contributed by atoms with van der Waals surface area (Å²) < 4.78 is 1.68. The molecule has 3 rings (SSSR count). The Morgan fingerprint density at radius 1 is 1.44 bits per heavy atom. The monoisotopic (exact) mass is 213 g/mol. The number of carbonyl (C=O) groups excluding carboxylic acids is 1. The molecule has 2 aromatic rings. The first-order valence-corrected chi connectivity index (χ1v) is 5.21. The van der Waals surface area contributed by atoms with E-state index in [1.807, 2.05) is 31.2 Å². The van der Waals surface area contributed by atoms with Crippen LogP contribution < -0.4 is 0 Å². The van der Waals surface area contributed by atoms with Crippen molar-refractivity contribution in [1.82, 2.24) is 14.8 Å². The fourth-order valence-electron chi connectivity index (χ4n) is 1.89. The summed E-state index contributed by atoms with van der Waals surface area (Å²) >= 11 is 0. The molecule has 0 spiro atoms. The van der Waals surface area contributed by atoms with Crippen molar-refractivity contribution in [3.8, 4) is 11.4 Å². The normalized spacial score (nSPS) is 17.0. The fraction of sp³-hybridized carbons (Fsp3) is 0.250. The van der Waals surface area contributed by atoms with Gasteiger partial charge in [-0.2, -0.15) is 0 Å². The molecule has 0 N–H and O–H groups in total. The highest BCUT2D eigenvalue weighted by atomic mass is 16.1. The summed E-state index contributed by atoms with van der Waals surface area (Å²) in [4.78, 5) is 15.5. The van der Waals surface area contributed by atoms with Crippen LogP contribution in [-0.2, 0) is 4.79 Å². The third-order valence-corrected chi connectivity index (χ3v) is 2.74. The molecule has 2 heterocycles. The van der Waals surface area contributed by atoms with E-state index in [0.29, 0.717) is 5.82 Å². The lowest BCUT2D eigenvalue weighted by Crippen LogP contribution is -1.99. The van der Waals surface area contributed by atoms with Crippen molar-refractivity contribution in [2.24, 2.45) is 0 Å². The molecule has 0 radical (unpaired) electrons. The van der Waals surface area contributed by atoms with Crippen molar-refractivity contribution in [3.05, 3.63) is 35.7 Å². The number of ketones is 1. The summed E-state index contributed by atoms with van der Waals surface area (Å²) in [6.45, 7) is 3.60. The molecular formula is C12H11N3O. The second-order valence-corrected chi connectivity index (χ2v) is 4.12. The van der Waals surface area contributed by atoms with Gasteiger partial charge in [0.15, 0.2) is 23.5 Å². The van der Waals surface area contributed by atoms with Crippen LogP contribution in [0.25, 0.3) is 11.4 Å². The van der Waals surface area contributed by atoms with E-state index in [2.05, 4.69) is 10.1 Å². The van der Waals surface area contributed by atoms with E-state index >= 15 is 0 Å². The van der Waals surface area contributed by atoms with Gasteiger partial charge in [-0.15, -0.1) is 5.10 Å². The van der Waals surface area contributed by atoms with Crippen molar-refractivity contribution in [1.29, 1.82) is 0 Å². The highest BCUT2D eigenvalue weighted by Gasteiger charge is 2.41. The predicted molar refractivity (Wildman–Crippen MR) is 59.0 cm³/mol. The molecule has 1 atom stereocenters. The Bertz CT molecular complexity index is 564. The number of aromatic nitrogens is 3.